The van der Waals surface area contributed by atoms with Crippen molar-refractivity contribution >= 4 is 5.91 Å². The summed E-state index contributed by atoms with van der Waals surface area (Å²) < 4.78 is 0. The fourth-order valence-electron chi connectivity index (χ4n) is 3.38. The molecular formula is C15H28N2O. The molecule has 0 aromatic heterocycles. The Morgan fingerprint density at radius 3 is 2.17 bits per heavy atom. The second-order valence-electron chi connectivity index (χ2n) is 6.53. The number of carbonyl (C=O) groups excluding carboxylic acids is 1. The maximum atomic E-state index is 11.8. The first-order valence-corrected chi connectivity index (χ1v) is 7.68. The molecule has 3 heteroatoms. The minimum atomic E-state index is -0.486. The molecule has 3 N–H and O–H groups in total. The lowest BCUT2D eigenvalue weighted by Crippen LogP contribution is -2.57. The molecule has 0 saturated heterocycles. The van der Waals surface area contributed by atoms with Crippen LogP contribution in [0.5, 0.6) is 0 Å². The van der Waals surface area contributed by atoms with Gasteiger partial charge >= 0.3 is 0 Å². The molecule has 0 spiro atoms. The van der Waals surface area contributed by atoms with Gasteiger partial charge in [-0.1, -0.05) is 44.9 Å². The van der Waals surface area contributed by atoms with Crippen LogP contribution in [0.1, 0.15) is 71.1 Å². The minimum absolute atomic E-state index is 0.168. The fraction of sp³-hybridized carbons (Fsp3) is 0.933. The van der Waals surface area contributed by atoms with E-state index in [1.165, 1.54) is 57.8 Å². The molecule has 2 fully saturated rings. The number of carbonyl (C=O) groups is 1. The molecule has 0 aliphatic heterocycles. The molecular weight excluding hydrogens is 224 g/mol. The van der Waals surface area contributed by atoms with Gasteiger partial charge in [0, 0.05) is 6.04 Å². The van der Waals surface area contributed by atoms with Gasteiger partial charge in [-0.05, 0) is 32.1 Å². The quantitative estimate of drug-likeness (QED) is 0.739. The number of rotatable bonds is 5. The van der Waals surface area contributed by atoms with Crippen LogP contribution in [-0.2, 0) is 4.79 Å². The van der Waals surface area contributed by atoms with Crippen LogP contribution in [0.25, 0.3) is 0 Å². The maximum Gasteiger partial charge on any atom is 0.237 e. The Hall–Kier alpha value is -0.570. The average molecular weight is 252 g/mol. The molecule has 0 radical (unpaired) electrons. The van der Waals surface area contributed by atoms with Gasteiger partial charge in [-0.3, -0.25) is 4.79 Å². The van der Waals surface area contributed by atoms with Crippen LogP contribution < -0.4 is 11.1 Å². The molecule has 2 aliphatic carbocycles. The van der Waals surface area contributed by atoms with E-state index in [2.05, 4.69) is 5.32 Å². The first-order chi connectivity index (χ1) is 8.60. The summed E-state index contributed by atoms with van der Waals surface area (Å²) in [6.45, 7) is 2.01. The third-order valence-corrected chi connectivity index (χ3v) is 4.84. The monoisotopic (exact) mass is 252 g/mol. The Labute approximate surface area is 111 Å². The zero-order chi connectivity index (χ0) is 13.0. The van der Waals surface area contributed by atoms with Gasteiger partial charge < -0.3 is 11.1 Å². The van der Waals surface area contributed by atoms with E-state index in [-0.39, 0.29) is 5.91 Å². The van der Waals surface area contributed by atoms with Crippen molar-refractivity contribution in [3.63, 3.8) is 0 Å². The topological polar surface area (TPSA) is 55.1 Å². The predicted octanol–water partition coefficient (Wildman–Crippen LogP) is 2.73. The molecule has 1 amide bonds. The Kier molecular flexibility index (Phi) is 4.66. The van der Waals surface area contributed by atoms with E-state index in [9.17, 15) is 4.79 Å². The van der Waals surface area contributed by atoms with Crippen LogP contribution >= 0.6 is 0 Å². The van der Waals surface area contributed by atoms with Gasteiger partial charge in [-0.15, -0.1) is 0 Å². The van der Waals surface area contributed by atoms with Gasteiger partial charge in [-0.25, -0.2) is 0 Å². The van der Waals surface area contributed by atoms with E-state index < -0.39 is 5.54 Å². The van der Waals surface area contributed by atoms with Crippen molar-refractivity contribution in [1.82, 2.24) is 5.32 Å². The Morgan fingerprint density at radius 2 is 1.72 bits per heavy atom. The molecule has 18 heavy (non-hydrogen) atoms. The first kappa shape index (κ1) is 13.9. The third kappa shape index (κ3) is 3.47. The highest BCUT2D eigenvalue weighted by molar-refractivity contribution is 5.84. The lowest BCUT2D eigenvalue weighted by molar-refractivity contribution is -0.125. The SMILES string of the molecule is CC(CC1CCC1)(NC1CCCCCC1)C(N)=O. The van der Waals surface area contributed by atoms with Crippen molar-refractivity contribution in [2.45, 2.75) is 82.7 Å². The van der Waals surface area contributed by atoms with Gasteiger partial charge in [-0.2, -0.15) is 0 Å². The minimum Gasteiger partial charge on any atom is -0.368 e. The van der Waals surface area contributed by atoms with Gasteiger partial charge in [0.2, 0.25) is 5.91 Å². The van der Waals surface area contributed by atoms with Crippen LogP contribution in [-0.4, -0.2) is 17.5 Å². The van der Waals surface area contributed by atoms with E-state index in [1.807, 2.05) is 6.92 Å². The highest BCUT2D eigenvalue weighted by Crippen LogP contribution is 2.34. The first-order valence-electron chi connectivity index (χ1n) is 7.68. The van der Waals surface area contributed by atoms with Gasteiger partial charge in [0.25, 0.3) is 0 Å². The largest absolute Gasteiger partial charge is 0.368 e. The molecule has 1 atom stereocenters. The van der Waals surface area contributed by atoms with E-state index in [4.69, 9.17) is 5.73 Å². The predicted molar refractivity (Wildman–Crippen MR) is 74.2 cm³/mol. The highest BCUT2D eigenvalue weighted by Gasteiger charge is 2.37. The lowest BCUT2D eigenvalue weighted by atomic mass is 9.76. The van der Waals surface area contributed by atoms with Crippen molar-refractivity contribution in [3.8, 4) is 0 Å². The van der Waals surface area contributed by atoms with Gasteiger partial charge in [0.05, 0.1) is 5.54 Å². The zero-order valence-corrected chi connectivity index (χ0v) is 11.7. The smallest absolute Gasteiger partial charge is 0.237 e. The molecule has 3 nitrogen and oxygen atoms in total. The van der Waals surface area contributed by atoms with Crippen molar-refractivity contribution in [3.05, 3.63) is 0 Å². The molecule has 1 unspecified atom stereocenters. The summed E-state index contributed by atoms with van der Waals surface area (Å²) in [6, 6.07) is 0.491. The molecule has 104 valence electrons. The summed E-state index contributed by atoms with van der Waals surface area (Å²) in [5.41, 5.74) is 5.17. The van der Waals surface area contributed by atoms with Crippen molar-refractivity contribution < 1.29 is 4.79 Å². The van der Waals surface area contributed by atoms with Crippen molar-refractivity contribution in [2.75, 3.05) is 0 Å². The molecule has 0 bridgehead atoms. The standard InChI is InChI=1S/C15H28N2O/c1-15(14(16)18,11-12-7-6-8-12)17-13-9-4-2-3-5-10-13/h12-13,17H,2-11H2,1H3,(H2,16,18). The molecule has 2 saturated carbocycles. The Bertz CT molecular complexity index is 280. The Morgan fingerprint density at radius 1 is 1.11 bits per heavy atom. The number of nitrogens with one attached hydrogen (secondary N) is 1. The molecule has 0 aromatic rings. The second-order valence-corrected chi connectivity index (χ2v) is 6.53. The normalized spacial score (nSPS) is 26.1. The molecule has 0 heterocycles. The number of hydrogen-bond donors (Lipinski definition) is 2. The summed E-state index contributed by atoms with van der Waals surface area (Å²) in [4.78, 5) is 11.8. The van der Waals surface area contributed by atoms with Crippen LogP contribution in [0.3, 0.4) is 0 Å². The third-order valence-electron chi connectivity index (χ3n) is 4.84. The number of hydrogen-bond acceptors (Lipinski definition) is 2. The number of primary amides is 1. The van der Waals surface area contributed by atoms with E-state index in [0.29, 0.717) is 12.0 Å². The van der Waals surface area contributed by atoms with E-state index in [0.717, 1.165) is 6.42 Å². The average Bonchev–Trinajstić information content (AvgIpc) is 2.52. The van der Waals surface area contributed by atoms with E-state index in [1.54, 1.807) is 0 Å². The van der Waals surface area contributed by atoms with Crippen LogP contribution in [0.4, 0.5) is 0 Å². The van der Waals surface area contributed by atoms with Gasteiger partial charge in [0.1, 0.15) is 0 Å². The summed E-state index contributed by atoms with van der Waals surface area (Å²) in [7, 11) is 0. The summed E-state index contributed by atoms with van der Waals surface area (Å²) in [5.74, 6) is 0.541. The number of amides is 1. The highest BCUT2D eigenvalue weighted by atomic mass is 16.1. The number of nitrogens with two attached hydrogens (primary N) is 1. The van der Waals surface area contributed by atoms with Crippen molar-refractivity contribution in [1.29, 1.82) is 0 Å². The molecule has 2 aliphatic rings. The second kappa shape index (κ2) is 6.05. The lowest BCUT2D eigenvalue weighted by Gasteiger charge is -2.38. The van der Waals surface area contributed by atoms with E-state index >= 15 is 0 Å². The Balaban J connectivity index is 1.92. The molecule has 2 rings (SSSR count). The maximum absolute atomic E-state index is 11.8. The summed E-state index contributed by atoms with van der Waals surface area (Å²) in [5, 5.41) is 3.60. The van der Waals surface area contributed by atoms with Crippen LogP contribution in [0.15, 0.2) is 0 Å². The summed E-state index contributed by atoms with van der Waals surface area (Å²) >= 11 is 0. The van der Waals surface area contributed by atoms with Gasteiger partial charge in [0.15, 0.2) is 0 Å². The van der Waals surface area contributed by atoms with Crippen molar-refractivity contribution in [2.24, 2.45) is 11.7 Å². The van der Waals surface area contributed by atoms with Crippen LogP contribution in [0, 0.1) is 5.92 Å². The van der Waals surface area contributed by atoms with Crippen LogP contribution in [0.2, 0.25) is 0 Å². The molecule has 0 aromatic carbocycles. The summed E-state index contributed by atoms with van der Waals surface area (Å²) in [6.07, 6.45) is 12.5. The zero-order valence-electron chi connectivity index (χ0n) is 11.7. The fourth-order valence-corrected chi connectivity index (χ4v) is 3.38.